The van der Waals surface area contributed by atoms with E-state index in [9.17, 15) is 14.7 Å². The van der Waals surface area contributed by atoms with E-state index in [4.69, 9.17) is 0 Å². The third-order valence-electron chi connectivity index (χ3n) is 6.80. The monoisotopic (exact) mass is 471 g/mol. The summed E-state index contributed by atoms with van der Waals surface area (Å²) in [5, 5.41) is 19.2. The second-order valence-electron chi connectivity index (χ2n) is 9.26. The van der Waals surface area contributed by atoms with Gasteiger partial charge in [0.25, 0.3) is 0 Å². The van der Waals surface area contributed by atoms with E-state index in [1.807, 2.05) is 55.5 Å². The molecular formula is C29H33N3O3. The molecule has 1 aliphatic carbocycles. The largest absolute Gasteiger partial charge is 0.478 e. The number of nitrogens with one attached hydrogen (secondary N) is 3. The smallest absolute Gasteiger partial charge is 0.336 e. The predicted molar refractivity (Wildman–Crippen MR) is 142 cm³/mol. The summed E-state index contributed by atoms with van der Waals surface area (Å²) in [5.74, 6) is -0.372. The number of carboxylic acids is 1. The zero-order valence-corrected chi connectivity index (χ0v) is 20.3. The Hall–Kier alpha value is -3.80. The normalized spacial score (nSPS) is 14.3. The third-order valence-corrected chi connectivity index (χ3v) is 6.80. The van der Waals surface area contributed by atoms with Gasteiger partial charge >= 0.3 is 12.0 Å². The molecule has 0 spiro atoms. The fourth-order valence-corrected chi connectivity index (χ4v) is 4.90. The van der Waals surface area contributed by atoms with Crippen LogP contribution in [0, 0.1) is 12.8 Å². The van der Waals surface area contributed by atoms with Gasteiger partial charge in [0, 0.05) is 11.7 Å². The molecule has 0 bridgehead atoms. The molecule has 0 radical (unpaired) electrons. The molecule has 1 saturated carbocycles. The van der Waals surface area contributed by atoms with Crippen LogP contribution in [0.2, 0.25) is 0 Å². The number of benzene rings is 3. The molecule has 1 unspecified atom stereocenters. The molecule has 0 aromatic heterocycles. The van der Waals surface area contributed by atoms with Crippen LogP contribution in [0.5, 0.6) is 0 Å². The number of urea groups is 1. The summed E-state index contributed by atoms with van der Waals surface area (Å²) in [4.78, 5) is 24.7. The molecule has 0 aliphatic heterocycles. The molecule has 1 atom stereocenters. The van der Waals surface area contributed by atoms with E-state index >= 15 is 0 Å². The number of rotatable bonds is 8. The minimum Gasteiger partial charge on any atom is -0.478 e. The number of hydrogen-bond donors (Lipinski definition) is 4. The first-order valence-electron chi connectivity index (χ1n) is 12.3. The van der Waals surface area contributed by atoms with Gasteiger partial charge in [0.05, 0.1) is 16.9 Å². The van der Waals surface area contributed by atoms with Gasteiger partial charge in [-0.15, -0.1) is 0 Å². The lowest BCUT2D eigenvalue weighted by Gasteiger charge is -2.26. The molecule has 3 aromatic rings. The highest BCUT2D eigenvalue weighted by atomic mass is 16.4. The molecule has 1 aliphatic rings. The lowest BCUT2D eigenvalue weighted by molar-refractivity contribution is 0.0697. The molecule has 4 N–H and O–H groups in total. The van der Waals surface area contributed by atoms with E-state index in [0.29, 0.717) is 28.9 Å². The summed E-state index contributed by atoms with van der Waals surface area (Å²) in [6.45, 7) is 4.18. The Balaban J connectivity index is 1.65. The van der Waals surface area contributed by atoms with Crippen LogP contribution < -0.4 is 16.0 Å². The molecule has 2 amide bonds. The van der Waals surface area contributed by atoms with Gasteiger partial charge in [0.15, 0.2) is 0 Å². The van der Waals surface area contributed by atoms with Gasteiger partial charge < -0.3 is 21.1 Å². The van der Waals surface area contributed by atoms with Crippen LogP contribution in [0.1, 0.15) is 54.9 Å². The summed E-state index contributed by atoms with van der Waals surface area (Å²) < 4.78 is 0. The van der Waals surface area contributed by atoms with Crippen molar-refractivity contribution in [1.82, 2.24) is 0 Å². The van der Waals surface area contributed by atoms with Crippen molar-refractivity contribution in [3.63, 3.8) is 0 Å². The van der Waals surface area contributed by atoms with E-state index in [1.165, 1.54) is 25.7 Å². The zero-order chi connectivity index (χ0) is 24.8. The topological polar surface area (TPSA) is 90.5 Å². The Morgan fingerprint density at radius 2 is 1.66 bits per heavy atom. The van der Waals surface area contributed by atoms with E-state index < -0.39 is 5.97 Å². The molecule has 6 heteroatoms. The van der Waals surface area contributed by atoms with E-state index in [-0.39, 0.29) is 11.6 Å². The van der Waals surface area contributed by atoms with Crippen LogP contribution in [0.3, 0.4) is 0 Å². The van der Waals surface area contributed by atoms with Crippen molar-refractivity contribution in [2.45, 2.75) is 52.0 Å². The van der Waals surface area contributed by atoms with E-state index in [1.54, 1.807) is 18.2 Å². The molecule has 3 aromatic carbocycles. The van der Waals surface area contributed by atoms with Crippen LogP contribution in [-0.2, 0) is 0 Å². The maximum atomic E-state index is 12.9. The van der Waals surface area contributed by atoms with Gasteiger partial charge in [-0.25, -0.2) is 9.59 Å². The Kier molecular flexibility index (Phi) is 7.70. The summed E-state index contributed by atoms with van der Waals surface area (Å²) in [6, 6.07) is 20.2. The van der Waals surface area contributed by atoms with Crippen molar-refractivity contribution in [2.75, 3.05) is 16.0 Å². The van der Waals surface area contributed by atoms with E-state index in [0.717, 1.165) is 23.2 Å². The maximum absolute atomic E-state index is 12.9. The molecule has 4 rings (SSSR count). The molecule has 1 fully saturated rings. The van der Waals surface area contributed by atoms with Gasteiger partial charge in [-0.3, -0.25) is 0 Å². The lowest BCUT2D eigenvalue weighted by Crippen LogP contribution is -2.28. The molecule has 0 heterocycles. The Morgan fingerprint density at radius 3 is 2.34 bits per heavy atom. The van der Waals surface area contributed by atoms with Gasteiger partial charge in [-0.2, -0.15) is 0 Å². The average Bonchev–Trinajstić information content (AvgIpc) is 3.39. The highest BCUT2D eigenvalue weighted by Gasteiger charge is 2.24. The van der Waals surface area contributed by atoms with Crippen LogP contribution in [0.4, 0.5) is 21.9 Å². The fraction of sp³-hybridized carbons (Fsp3) is 0.310. The van der Waals surface area contributed by atoms with Crippen LogP contribution >= 0.6 is 0 Å². The first-order chi connectivity index (χ1) is 16.9. The van der Waals surface area contributed by atoms with Crippen LogP contribution in [0.15, 0.2) is 66.7 Å². The molecular weight excluding hydrogens is 438 g/mol. The Labute approximate surface area is 206 Å². The summed E-state index contributed by atoms with van der Waals surface area (Å²) in [7, 11) is 0. The minimum atomic E-state index is -0.985. The van der Waals surface area contributed by atoms with Crippen molar-refractivity contribution < 1.29 is 14.7 Å². The van der Waals surface area contributed by atoms with Crippen molar-refractivity contribution in [3.8, 4) is 11.1 Å². The Bertz CT molecular complexity index is 1180. The van der Waals surface area contributed by atoms with Crippen molar-refractivity contribution >= 4 is 29.1 Å². The number of aromatic carboxylic acids is 1. The quantitative estimate of drug-likeness (QED) is 0.276. The van der Waals surface area contributed by atoms with Gasteiger partial charge in [0.2, 0.25) is 0 Å². The van der Waals surface area contributed by atoms with Crippen molar-refractivity contribution in [2.24, 2.45) is 5.92 Å². The van der Waals surface area contributed by atoms with Gasteiger partial charge in [0.1, 0.15) is 0 Å². The third kappa shape index (κ3) is 6.01. The number of carboxylic acid groups (broad SMARTS) is 1. The number of carbonyl (C=O) groups is 2. The highest BCUT2D eigenvalue weighted by molar-refractivity contribution is 6.03. The highest BCUT2D eigenvalue weighted by Crippen LogP contribution is 2.35. The van der Waals surface area contributed by atoms with Gasteiger partial charge in [-0.05, 0) is 73.6 Å². The standard InChI is InChI=1S/C29H33N3O3/c1-3-25(20-8-4-5-9-20)31-26-17-14-21(23-10-6-7-11-24(23)28(33)34)18-27(26)32-29(35)30-22-15-12-19(2)13-16-22/h6-7,10-18,20,25,31H,3-5,8-9H2,1-2H3,(H,33,34)(H2,30,32,35). The zero-order valence-electron chi connectivity index (χ0n) is 20.3. The molecule has 0 saturated heterocycles. The first kappa shape index (κ1) is 24.3. The SMILES string of the molecule is CCC(Nc1ccc(-c2ccccc2C(=O)O)cc1NC(=O)Nc1ccc(C)cc1)C1CCCC1. The summed E-state index contributed by atoms with van der Waals surface area (Å²) in [5.41, 5.74) is 4.82. The minimum absolute atomic E-state index is 0.223. The molecule has 6 nitrogen and oxygen atoms in total. The maximum Gasteiger partial charge on any atom is 0.336 e. The first-order valence-corrected chi connectivity index (χ1v) is 12.3. The van der Waals surface area contributed by atoms with E-state index in [2.05, 4.69) is 22.9 Å². The molecule has 182 valence electrons. The second-order valence-corrected chi connectivity index (χ2v) is 9.26. The van der Waals surface area contributed by atoms with Crippen molar-refractivity contribution in [3.05, 3.63) is 77.9 Å². The van der Waals surface area contributed by atoms with Crippen LogP contribution in [-0.4, -0.2) is 23.1 Å². The number of anilines is 3. The van der Waals surface area contributed by atoms with Gasteiger partial charge in [-0.1, -0.05) is 61.7 Å². The molecule has 35 heavy (non-hydrogen) atoms. The Morgan fingerprint density at radius 1 is 0.943 bits per heavy atom. The lowest BCUT2D eigenvalue weighted by atomic mass is 9.95. The number of hydrogen-bond acceptors (Lipinski definition) is 3. The van der Waals surface area contributed by atoms with Crippen molar-refractivity contribution in [1.29, 1.82) is 0 Å². The number of amides is 2. The summed E-state index contributed by atoms with van der Waals surface area (Å²) in [6.07, 6.45) is 5.94. The average molecular weight is 472 g/mol. The predicted octanol–water partition coefficient (Wildman–Crippen LogP) is 7.38. The fourth-order valence-electron chi connectivity index (χ4n) is 4.90. The number of carbonyl (C=O) groups excluding carboxylic acids is 1. The summed E-state index contributed by atoms with van der Waals surface area (Å²) >= 11 is 0. The van der Waals surface area contributed by atoms with Crippen LogP contribution in [0.25, 0.3) is 11.1 Å². The number of aryl methyl sites for hydroxylation is 1. The second kappa shape index (κ2) is 11.1.